The van der Waals surface area contributed by atoms with E-state index in [1.165, 1.54) is 23.4 Å². The predicted octanol–water partition coefficient (Wildman–Crippen LogP) is 1.98. The van der Waals surface area contributed by atoms with Crippen LogP contribution >= 0.6 is 0 Å². The zero-order valence-electron chi connectivity index (χ0n) is 10.4. The van der Waals surface area contributed by atoms with Crippen LogP contribution in [0.25, 0.3) is 5.65 Å². The molecule has 3 rings (SSSR count). The van der Waals surface area contributed by atoms with Gasteiger partial charge >= 0.3 is 0 Å². The Morgan fingerprint density at radius 3 is 3.06 bits per heavy atom. The van der Waals surface area contributed by atoms with Gasteiger partial charge < -0.3 is 9.72 Å². The first-order valence-electron chi connectivity index (χ1n) is 6.58. The highest BCUT2D eigenvalue weighted by Crippen LogP contribution is 2.17. The van der Waals surface area contributed by atoms with Crippen LogP contribution in [-0.4, -0.2) is 22.5 Å². The van der Waals surface area contributed by atoms with E-state index in [4.69, 9.17) is 4.98 Å². The Hall–Kier alpha value is -1.35. The molecule has 3 heterocycles. The highest BCUT2D eigenvalue weighted by atomic mass is 15.0. The Labute approximate surface area is 102 Å². The number of nitrogens with one attached hydrogen (secondary N) is 1. The molecule has 0 radical (unpaired) electrons. The predicted molar refractivity (Wildman–Crippen MR) is 69.5 cm³/mol. The van der Waals surface area contributed by atoms with Crippen molar-refractivity contribution in [2.75, 3.05) is 13.1 Å². The van der Waals surface area contributed by atoms with Crippen molar-refractivity contribution in [1.29, 1.82) is 0 Å². The molecule has 2 aromatic rings. The number of aromatic nitrogens is 2. The van der Waals surface area contributed by atoms with Crippen molar-refractivity contribution in [2.24, 2.45) is 0 Å². The number of rotatable bonds is 2. The molecule has 0 aliphatic carbocycles. The Morgan fingerprint density at radius 1 is 1.29 bits per heavy atom. The van der Waals surface area contributed by atoms with Crippen molar-refractivity contribution in [1.82, 2.24) is 14.7 Å². The number of hydrogen-bond donors (Lipinski definition) is 1. The first-order chi connectivity index (χ1) is 8.38. The van der Waals surface area contributed by atoms with Crippen LogP contribution in [0.15, 0.2) is 18.3 Å². The first kappa shape index (κ1) is 10.8. The largest absolute Gasteiger partial charge is 0.316 e. The Bertz CT molecular complexity index is 527. The first-order valence-corrected chi connectivity index (χ1v) is 6.58. The van der Waals surface area contributed by atoms with E-state index < -0.39 is 0 Å². The summed E-state index contributed by atoms with van der Waals surface area (Å²) in [5.41, 5.74) is 5.21. The van der Waals surface area contributed by atoms with E-state index in [1.807, 2.05) is 0 Å². The van der Waals surface area contributed by atoms with Gasteiger partial charge in [-0.05, 0) is 18.1 Å². The van der Waals surface area contributed by atoms with E-state index in [2.05, 4.69) is 35.0 Å². The van der Waals surface area contributed by atoms with Gasteiger partial charge in [-0.15, -0.1) is 0 Å². The average molecular weight is 229 g/mol. The van der Waals surface area contributed by atoms with Gasteiger partial charge in [0, 0.05) is 37.8 Å². The number of aryl methyl sites for hydroxylation is 1. The topological polar surface area (TPSA) is 29.3 Å². The number of hydrogen-bond acceptors (Lipinski definition) is 2. The molecular formula is C14H19N3. The molecular weight excluding hydrogens is 210 g/mol. The standard InChI is InChI=1S/C14H19N3/c1-2-3-11-4-5-14-16-12-6-8-15-9-7-13(12)17(14)10-11/h4-5,10,15H,2-3,6-9H2,1H3. The zero-order chi connectivity index (χ0) is 11.7. The van der Waals surface area contributed by atoms with Crippen LogP contribution in [0, 0.1) is 0 Å². The number of pyridine rings is 1. The van der Waals surface area contributed by atoms with Gasteiger partial charge in [0.25, 0.3) is 0 Å². The second-order valence-corrected chi connectivity index (χ2v) is 4.77. The van der Waals surface area contributed by atoms with Gasteiger partial charge in [0.1, 0.15) is 5.65 Å². The van der Waals surface area contributed by atoms with Crippen LogP contribution in [0.1, 0.15) is 30.3 Å². The third kappa shape index (κ3) is 1.95. The lowest BCUT2D eigenvalue weighted by atomic mass is 10.2. The summed E-state index contributed by atoms with van der Waals surface area (Å²) in [6.07, 6.45) is 6.77. The van der Waals surface area contributed by atoms with Gasteiger partial charge in [-0.25, -0.2) is 4.98 Å². The maximum atomic E-state index is 4.74. The van der Waals surface area contributed by atoms with Crippen molar-refractivity contribution < 1.29 is 0 Å². The summed E-state index contributed by atoms with van der Waals surface area (Å²) in [5, 5.41) is 3.43. The minimum Gasteiger partial charge on any atom is -0.316 e. The Balaban J connectivity index is 2.10. The van der Waals surface area contributed by atoms with Crippen molar-refractivity contribution in [3.63, 3.8) is 0 Å². The van der Waals surface area contributed by atoms with E-state index >= 15 is 0 Å². The third-order valence-corrected chi connectivity index (χ3v) is 3.48. The van der Waals surface area contributed by atoms with Crippen molar-refractivity contribution >= 4 is 5.65 Å². The molecule has 0 saturated heterocycles. The van der Waals surface area contributed by atoms with Gasteiger partial charge in [-0.1, -0.05) is 19.4 Å². The molecule has 90 valence electrons. The number of fused-ring (bicyclic) bond motifs is 3. The molecule has 3 heteroatoms. The molecule has 0 atom stereocenters. The van der Waals surface area contributed by atoms with Crippen LogP contribution in [0.5, 0.6) is 0 Å². The van der Waals surface area contributed by atoms with E-state index in [0.717, 1.165) is 38.0 Å². The minimum absolute atomic E-state index is 1.05. The van der Waals surface area contributed by atoms with Crippen LogP contribution in [0.3, 0.4) is 0 Å². The molecule has 0 saturated carbocycles. The second-order valence-electron chi connectivity index (χ2n) is 4.77. The van der Waals surface area contributed by atoms with Gasteiger partial charge in [0.15, 0.2) is 0 Å². The van der Waals surface area contributed by atoms with E-state index in [-0.39, 0.29) is 0 Å². The average Bonchev–Trinajstić information content (AvgIpc) is 2.53. The van der Waals surface area contributed by atoms with Crippen molar-refractivity contribution in [3.05, 3.63) is 35.3 Å². The van der Waals surface area contributed by atoms with Crippen LogP contribution in [-0.2, 0) is 19.3 Å². The fourth-order valence-electron chi connectivity index (χ4n) is 2.63. The molecule has 0 fully saturated rings. The number of imidazole rings is 1. The molecule has 17 heavy (non-hydrogen) atoms. The highest BCUT2D eigenvalue weighted by Gasteiger charge is 2.14. The normalized spacial score (nSPS) is 15.8. The van der Waals surface area contributed by atoms with Crippen LogP contribution in [0.4, 0.5) is 0 Å². The maximum absolute atomic E-state index is 4.74. The van der Waals surface area contributed by atoms with Crippen LogP contribution in [0.2, 0.25) is 0 Å². The molecule has 0 spiro atoms. The summed E-state index contributed by atoms with van der Waals surface area (Å²) in [7, 11) is 0. The smallest absolute Gasteiger partial charge is 0.137 e. The van der Waals surface area contributed by atoms with Gasteiger partial charge in [-0.2, -0.15) is 0 Å². The van der Waals surface area contributed by atoms with Crippen molar-refractivity contribution in [3.8, 4) is 0 Å². The quantitative estimate of drug-likeness (QED) is 0.853. The summed E-state index contributed by atoms with van der Waals surface area (Å²) in [5.74, 6) is 0. The Kier molecular flexibility index (Phi) is 2.85. The lowest BCUT2D eigenvalue weighted by Gasteiger charge is -2.04. The molecule has 1 aliphatic rings. The fourth-order valence-corrected chi connectivity index (χ4v) is 2.63. The monoisotopic (exact) mass is 229 g/mol. The summed E-state index contributed by atoms with van der Waals surface area (Å²) >= 11 is 0. The third-order valence-electron chi connectivity index (χ3n) is 3.48. The molecule has 2 aromatic heterocycles. The summed E-state index contributed by atoms with van der Waals surface area (Å²) in [6.45, 7) is 4.35. The van der Waals surface area contributed by atoms with E-state index in [9.17, 15) is 0 Å². The van der Waals surface area contributed by atoms with Crippen molar-refractivity contribution in [2.45, 2.75) is 32.6 Å². The molecule has 0 unspecified atom stereocenters. The fraction of sp³-hybridized carbons (Fsp3) is 0.500. The zero-order valence-corrected chi connectivity index (χ0v) is 10.4. The molecule has 0 bridgehead atoms. The van der Waals surface area contributed by atoms with E-state index in [0.29, 0.717) is 0 Å². The SMILES string of the molecule is CCCc1ccc2nc3c(n2c1)CCNCC3. The Morgan fingerprint density at radius 2 is 2.18 bits per heavy atom. The molecule has 1 N–H and O–H groups in total. The van der Waals surface area contributed by atoms with Gasteiger partial charge in [-0.3, -0.25) is 0 Å². The minimum atomic E-state index is 1.05. The maximum Gasteiger partial charge on any atom is 0.137 e. The molecule has 0 amide bonds. The second kappa shape index (κ2) is 4.49. The van der Waals surface area contributed by atoms with Gasteiger partial charge in [0.2, 0.25) is 0 Å². The lowest BCUT2D eigenvalue weighted by Crippen LogP contribution is -2.16. The molecule has 0 aromatic carbocycles. The number of nitrogens with zero attached hydrogens (tertiary/aromatic N) is 2. The summed E-state index contributed by atoms with van der Waals surface area (Å²) < 4.78 is 2.30. The summed E-state index contributed by atoms with van der Waals surface area (Å²) in [6, 6.07) is 4.37. The van der Waals surface area contributed by atoms with Gasteiger partial charge in [0.05, 0.1) is 5.69 Å². The molecule has 1 aliphatic heterocycles. The van der Waals surface area contributed by atoms with E-state index in [1.54, 1.807) is 0 Å². The van der Waals surface area contributed by atoms with Crippen LogP contribution < -0.4 is 5.32 Å². The molecule has 3 nitrogen and oxygen atoms in total. The lowest BCUT2D eigenvalue weighted by molar-refractivity contribution is 0.702. The summed E-state index contributed by atoms with van der Waals surface area (Å²) in [4.78, 5) is 4.74. The highest BCUT2D eigenvalue weighted by molar-refractivity contribution is 5.45.